The van der Waals surface area contributed by atoms with Crippen LogP contribution in [0.3, 0.4) is 0 Å². The van der Waals surface area contributed by atoms with Crippen LogP contribution >= 0.6 is 0 Å². The van der Waals surface area contributed by atoms with E-state index in [0.29, 0.717) is 19.6 Å². The smallest absolute Gasteiger partial charge is 0.407 e. The van der Waals surface area contributed by atoms with Crippen molar-refractivity contribution in [3.63, 3.8) is 0 Å². The Balaban J connectivity index is 1.54. The van der Waals surface area contributed by atoms with E-state index in [0.717, 1.165) is 37.7 Å². The third-order valence-corrected chi connectivity index (χ3v) is 4.39. The molecule has 0 aromatic heterocycles. The number of carbonyl (C=O) groups is 2. The molecule has 0 aliphatic rings. The number of unbranched alkanes of at least 4 members (excludes halogenated alkanes) is 1. The van der Waals surface area contributed by atoms with Gasteiger partial charge in [0.05, 0.1) is 0 Å². The molecule has 0 unspecified atom stereocenters. The molecule has 2 aromatic carbocycles. The van der Waals surface area contributed by atoms with Crippen LogP contribution < -0.4 is 5.32 Å². The minimum atomic E-state index is -0.367. The van der Waals surface area contributed by atoms with Crippen molar-refractivity contribution in [2.24, 2.45) is 0 Å². The van der Waals surface area contributed by atoms with Gasteiger partial charge in [-0.15, -0.1) is 0 Å². The van der Waals surface area contributed by atoms with Crippen LogP contribution in [0.2, 0.25) is 0 Å². The first kappa shape index (κ1) is 20.7. The van der Waals surface area contributed by atoms with Gasteiger partial charge in [0.2, 0.25) is 0 Å². The van der Waals surface area contributed by atoms with Crippen LogP contribution in [0, 0.1) is 0 Å². The molecule has 1 amide bonds. The summed E-state index contributed by atoms with van der Waals surface area (Å²) in [5.41, 5.74) is 3.57. The molecule has 0 heterocycles. The molecule has 0 atom stereocenters. The van der Waals surface area contributed by atoms with Gasteiger partial charge < -0.3 is 14.8 Å². The van der Waals surface area contributed by atoms with Crippen molar-refractivity contribution >= 4 is 11.9 Å². The van der Waals surface area contributed by atoms with E-state index in [2.05, 4.69) is 29.6 Å². The lowest BCUT2D eigenvalue weighted by Gasteiger charge is -2.07. The minimum Gasteiger partial charge on any atom is -0.445 e. The molecule has 4 heteroatoms. The maximum Gasteiger partial charge on any atom is 0.407 e. The molecule has 4 nitrogen and oxygen atoms in total. The number of ketones is 1. The average Bonchev–Trinajstić information content (AvgIpc) is 2.68. The maximum atomic E-state index is 11.7. The number of amides is 1. The molecular weight excluding hydrogens is 338 g/mol. The molecule has 0 spiro atoms. The zero-order valence-electron chi connectivity index (χ0n) is 16.1. The lowest BCUT2D eigenvalue weighted by molar-refractivity contribution is -0.117. The SMILES string of the molecule is CC(=O)CCCc1ccc(CCCCNC(=O)OCc2ccccc2)cc1. The van der Waals surface area contributed by atoms with Gasteiger partial charge >= 0.3 is 6.09 Å². The van der Waals surface area contributed by atoms with Gasteiger partial charge in [-0.3, -0.25) is 0 Å². The van der Waals surface area contributed by atoms with Gasteiger partial charge in [0.1, 0.15) is 12.4 Å². The Hall–Kier alpha value is -2.62. The number of Topliss-reactive ketones (excluding diaryl/α,β-unsaturated/α-hetero) is 1. The van der Waals surface area contributed by atoms with Crippen LogP contribution in [0.5, 0.6) is 0 Å². The van der Waals surface area contributed by atoms with E-state index in [1.807, 2.05) is 30.3 Å². The fourth-order valence-corrected chi connectivity index (χ4v) is 2.83. The summed E-state index contributed by atoms with van der Waals surface area (Å²) >= 11 is 0. The zero-order valence-corrected chi connectivity index (χ0v) is 16.1. The number of rotatable bonds is 11. The van der Waals surface area contributed by atoms with Gasteiger partial charge in [-0.25, -0.2) is 4.79 Å². The van der Waals surface area contributed by atoms with E-state index in [9.17, 15) is 9.59 Å². The zero-order chi connectivity index (χ0) is 19.3. The molecule has 1 N–H and O–H groups in total. The molecule has 0 aliphatic heterocycles. The van der Waals surface area contributed by atoms with E-state index in [1.54, 1.807) is 6.92 Å². The Morgan fingerprint density at radius 2 is 1.44 bits per heavy atom. The summed E-state index contributed by atoms with van der Waals surface area (Å²) in [6, 6.07) is 18.3. The minimum absolute atomic E-state index is 0.254. The van der Waals surface area contributed by atoms with Gasteiger partial charge in [0.15, 0.2) is 0 Å². The first-order chi connectivity index (χ1) is 13.1. The predicted octanol–water partition coefficient (Wildman–Crippen LogP) is 4.85. The number of aryl methyl sites for hydroxylation is 2. The highest BCUT2D eigenvalue weighted by Gasteiger charge is 2.02. The second kappa shape index (κ2) is 11.9. The van der Waals surface area contributed by atoms with Gasteiger partial charge in [-0.1, -0.05) is 54.6 Å². The van der Waals surface area contributed by atoms with Crippen molar-refractivity contribution < 1.29 is 14.3 Å². The fourth-order valence-electron chi connectivity index (χ4n) is 2.83. The molecule has 144 valence electrons. The Morgan fingerprint density at radius 1 is 0.815 bits per heavy atom. The lowest BCUT2D eigenvalue weighted by atomic mass is 10.0. The summed E-state index contributed by atoms with van der Waals surface area (Å²) in [5.74, 6) is 0.254. The number of carbonyl (C=O) groups excluding carboxylic acids is 2. The molecule has 0 fully saturated rings. The van der Waals surface area contributed by atoms with Crippen LogP contribution in [-0.4, -0.2) is 18.4 Å². The number of benzene rings is 2. The van der Waals surface area contributed by atoms with Crippen molar-refractivity contribution in [3.05, 3.63) is 71.3 Å². The highest BCUT2D eigenvalue weighted by Crippen LogP contribution is 2.10. The number of nitrogens with one attached hydrogen (secondary N) is 1. The second-order valence-electron chi connectivity index (χ2n) is 6.82. The first-order valence-corrected chi connectivity index (χ1v) is 9.65. The third kappa shape index (κ3) is 9.04. The molecule has 0 saturated carbocycles. The molecule has 0 saturated heterocycles. The summed E-state index contributed by atoms with van der Waals surface area (Å²) in [4.78, 5) is 22.6. The largest absolute Gasteiger partial charge is 0.445 e. The van der Waals surface area contributed by atoms with Crippen molar-refractivity contribution in [2.75, 3.05) is 6.54 Å². The molecule has 27 heavy (non-hydrogen) atoms. The molecule has 0 bridgehead atoms. The van der Waals surface area contributed by atoms with Crippen LogP contribution in [0.1, 0.15) is 49.3 Å². The van der Waals surface area contributed by atoms with E-state index < -0.39 is 0 Å². The maximum absolute atomic E-state index is 11.7. The van der Waals surface area contributed by atoms with E-state index >= 15 is 0 Å². The van der Waals surface area contributed by atoms with Crippen LogP contribution in [0.15, 0.2) is 54.6 Å². The van der Waals surface area contributed by atoms with Gasteiger partial charge in [0, 0.05) is 13.0 Å². The number of hydrogen-bond donors (Lipinski definition) is 1. The first-order valence-electron chi connectivity index (χ1n) is 9.65. The quantitative estimate of drug-likeness (QED) is 0.578. The highest BCUT2D eigenvalue weighted by atomic mass is 16.5. The van der Waals surface area contributed by atoms with E-state index in [1.165, 1.54) is 11.1 Å². The molecule has 2 aromatic rings. The Morgan fingerprint density at radius 3 is 2.07 bits per heavy atom. The third-order valence-electron chi connectivity index (χ3n) is 4.39. The highest BCUT2D eigenvalue weighted by molar-refractivity contribution is 5.75. The monoisotopic (exact) mass is 367 g/mol. The normalized spacial score (nSPS) is 10.4. The standard InChI is InChI=1S/C23H29NO3/c1-19(25)8-7-12-21-15-13-20(14-16-21)9-5-6-17-24-23(26)27-18-22-10-3-2-4-11-22/h2-4,10-11,13-16H,5-9,12,17-18H2,1H3,(H,24,26). The fraction of sp³-hybridized carbons (Fsp3) is 0.391. The Labute approximate surface area is 161 Å². The number of alkyl carbamates (subject to hydrolysis) is 1. The molecular formula is C23H29NO3. The number of ether oxygens (including phenoxy) is 1. The summed E-state index contributed by atoms with van der Waals surface area (Å²) < 4.78 is 5.18. The van der Waals surface area contributed by atoms with Crippen molar-refractivity contribution in [1.29, 1.82) is 0 Å². The molecule has 0 radical (unpaired) electrons. The average molecular weight is 367 g/mol. The van der Waals surface area contributed by atoms with Crippen molar-refractivity contribution in [1.82, 2.24) is 5.32 Å². The molecule has 0 aliphatic carbocycles. The number of hydrogen-bond acceptors (Lipinski definition) is 3. The van der Waals surface area contributed by atoms with Crippen LogP contribution in [0.4, 0.5) is 4.79 Å². The van der Waals surface area contributed by atoms with Crippen LogP contribution in [0.25, 0.3) is 0 Å². The van der Waals surface area contributed by atoms with Crippen LogP contribution in [-0.2, 0) is 29.0 Å². The van der Waals surface area contributed by atoms with Crippen molar-refractivity contribution in [2.45, 2.75) is 52.1 Å². The summed E-state index contributed by atoms with van der Waals surface area (Å²) in [7, 11) is 0. The summed E-state index contributed by atoms with van der Waals surface area (Å²) in [6.07, 6.45) is 5.09. The summed E-state index contributed by atoms with van der Waals surface area (Å²) in [5, 5.41) is 2.79. The van der Waals surface area contributed by atoms with Gasteiger partial charge in [-0.05, 0) is 55.7 Å². The second-order valence-corrected chi connectivity index (χ2v) is 6.82. The topological polar surface area (TPSA) is 55.4 Å². The van der Waals surface area contributed by atoms with Gasteiger partial charge in [-0.2, -0.15) is 0 Å². The predicted molar refractivity (Wildman–Crippen MR) is 108 cm³/mol. The summed E-state index contributed by atoms with van der Waals surface area (Å²) in [6.45, 7) is 2.56. The molecule has 2 rings (SSSR count). The Bertz CT molecular complexity index is 695. The van der Waals surface area contributed by atoms with E-state index in [-0.39, 0.29) is 11.9 Å². The Kier molecular flexibility index (Phi) is 9.11. The van der Waals surface area contributed by atoms with Gasteiger partial charge in [0.25, 0.3) is 0 Å². The van der Waals surface area contributed by atoms with E-state index in [4.69, 9.17) is 4.74 Å². The lowest BCUT2D eigenvalue weighted by Crippen LogP contribution is -2.25. The van der Waals surface area contributed by atoms with Crippen molar-refractivity contribution in [3.8, 4) is 0 Å².